The molecule has 0 spiro atoms. The van der Waals surface area contributed by atoms with Gasteiger partial charge < -0.3 is 19.3 Å². The highest BCUT2D eigenvalue weighted by Crippen LogP contribution is 2.36. The van der Waals surface area contributed by atoms with E-state index in [1.807, 2.05) is 0 Å². The average molecular weight is 771 g/mol. The highest BCUT2D eigenvalue weighted by atomic mass is 31.2. The molecule has 0 aromatic rings. The van der Waals surface area contributed by atoms with Crippen molar-refractivity contribution in [2.75, 3.05) is 13.2 Å². The molecular formula is C44H83O8P. The summed E-state index contributed by atoms with van der Waals surface area (Å²) in [5.41, 5.74) is 0. The summed E-state index contributed by atoms with van der Waals surface area (Å²) >= 11 is 0. The maximum absolute atomic E-state index is 12.4. The van der Waals surface area contributed by atoms with Crippen LogP contribution in [0.5, 0.6) is 0 Å². The van der Waals surface area contributed by atoms with E-state index in [2.05, 4.69) is 42.7 Å². The van der Waals surface area contributed by atoms with Crippen molar-refractivity contribution in [3.63, 3.8) is 0 Å². The van der Waals surface area contributed by atoms with E-state index in [1.54, 1.807) is 0 Å². The molecule has 0 aromatic carbocycles. The molecule has 8 nitrogen and oxygen atoms in total. The molecule has 0 fully saturated rings. The molecule has 0 aromatic heterocycles. The predicted molar refractivity (Wildman–Crippen MR) is 221 cm³/mol. The van der Waals surface area contributed by atoms with Gasteiger partial charge >= 0.3 is 19.8 Å². The van der Waals surface area contributed by atoms with Crippen LogP contribution in [0.15, 0.2) is 24.3 Å². The zero-order chi connectivity index (χ0) is 38.9. The summed E-state index contributed by atoms with van der Waals surface area (Å²) in [6, 6.07) is 0. The van der Waals surface area contributed by atoms with Crippen LogP contribution in [0.4, 0.5) is 0 Å². The van der Waals surface area contributed by atoms with Gasteiger partial charge in [0.1, 0.15) is 6.61 Å². The summed E-state index contributed by atoms with van der Waals surface area (Å²) in [7, 11) is -4.75. The lowest BCUT2D eigenvalue weighted by Gasteiger charge is -2.18. The monoisotopic (exact) mass is 771 g/mol. The second kappa shape index (κ2) is 40.2. The second-order valence-electron chi connectivity index (χ2n) is 15.1. The second-order valence-corrected chi connectivity index (χ2v) is 16.3. The largest absolute Gasteiger partial charge is 0.469 e. The summed E-state index contributed by atoms with van der Waals surface area (Å²) in [4.78, 5) is 42.9. The molecule has 312 valence electrons. The van der Waals surface area contributed by atoms with Gasteiger partial charge in [0.25, 0.3) is 0 Å². The fraction of sp³-hybridized carbons (Fsp3) is 0.864. The number of allylic oxidation sites excluding steroid dienone is 4. The molecule has 0 unspecified atom stereocenters. The highest BCUT2D eigenvalue weighted by Gasteiger charge is 2.22. The molecule has 0 amide bonds. The van der Waals surface area contributed by atoms with Gasteiger partial charge in [-0.2, -0.15) is 0 Å². The fourth-order valence-corrected chi connectivity index (χ4v) is 6.78. The van der Waals surface area contributed by atoms with Crippen LogP contribution in [0.25, 0.3) is 0 Å². The van der Waals surface area contributed by atoms with E-state index >= 15 is 0 Å². The minimum absolute atomic E-state index is 0.213. The van der Waals surface area contributed by atoms with Gasteiger partial charge in [0.15, 0.2) is 6.10 Å². The fourth-order valence-electron chi connectivity index (χ4n) is 6.42. The number of carbonyl (C=O) groups excluding carboxylic acids is 2. The Morgan fingerprint density at radius 2 is 0.830 bits per heavy atom. The molecule has 0 saturated heterocycles. The van der Waals surface area contributed by atoms with Crippen molar-refractivity contribution < 1.29 is 37.9 Å². The van der Waals surface area contributed by atoms with Crippen LogP contribution < -0.4 is 0 Å². The number of phosphoric ester groups is 1. The number of phosphoric acid groups is 1. The van der Waals surface area contributed by atoms with Crippen LogP contribution in [0.3, 0.4) is 0 Å². The normalized spacial score (nSPS) is 12.6. The summed E-state index contributed by atoms with van der Waals surface area (Å²) in [6.07, 6.45) is 46.1. The Kier molecular flexibility index (Phi) is 39.1. The molecule has 1 atom stereocenters. The molecule has 9 heteroatoms. The first kappa shape index (κ1) is 51.5. The molecule has 53 heavy (non-hydrogen) atoms. The first-order valence-corrected chi connectivity index (χ1v) is 23.7. The third-order valence-electron chi connectivity index (χ3n) is 9.75. The maximum atomic E-state index is 12.4. The van der Waals surface area contributed by atoms with Gasteiger partial charge in [-0.3, -0.25) is 14.1 Å². The lowest BCUT2D eigenvalue weighted by Crippen LogP contribution is -2.29. The number of unbranched alkanes of at least 4 members (excludes halogenated alkanes) is 28. The van der Waals surface area contributed by atoms with Gasteiger partial charge in [-0.25, -0.2) is 4.57 Å². The van der Waals surface area contributed by atoms with E-state index in [0.29, 0.717) is 12.8 Å². The molecular weight excluding hydrogens is 687 g/mol. The van der Waals surface area contributed by atoms with E-state index in [1.165, 1.54) is 128 Å². The summed E-state index contributed by atoms with van der Waals surface area (Å²) in [6.45, 7) is 3.68. The van der Waals surface area contributed by atoms with Crippen molar-refractivity contribution in [3.8, 4) is 0 Å². The van der Waals surface area contributed by atoms with Crippen LogP contribution in [0.1, 0.15) is 226 Å². The Bertz CT molecular complexity index is 915. The Hall–Kier alpha value is -1.47. The van der Waals surface area contributed by atoms with Crippen LogP contribution in [-0.2, 0) is 28.2 Å². The Morgan fingerprint density at radius 3 is 1.23 bits per heavy atom. The molecule has 0 bridgehead atoms. The predicted octanol–water partition coefficient (Wildman–Crippen LogP) is 13.6. The van der Waals surface area contributed by atoms with Gasteiger partial charge in [0, 0.05) is 12.8 Å². The van der Waals surface area contributed by atoms with Crippen molar-refractivity contribution in [1.29, 1.82) is 0 Å². The van der Waals surface area contributed by atoms with Gasteiger partial charge in [0.05, 0.1) is 6.61 Å². The van der Waals surface area contributed by atoms with E-state index < -0.39 is 32.5 Å². The summed E-state index contributed by atoms with van der Waals surface area (Å²) < 4.78 is 26.4. The first-order chi connectivity index (χ1) is 25.8. The van der Waals surface area contributed by atoms with Crippen molar-refractivity contribution >= 4 is 19.8 Å². The van der Waals surface area contributed by atoms with E-state index in [4.69, 9.17) is 19.3 Å². The number of carbonyl (C=O) groups is 2. The number of hydrogen-bond donors (Lipinski definition) is 2. The molecule has 0 aliphatic heterocycles. The van der Waals surface area contributed by atoms with Crippen LogP contribution >= 0.6 is 7.82 Å². The smallest absolute Gasteiger partial charge is 0.462 e. The summed E-state index contributed by atoms with van der Waals surface area (Å²) in [5.74, 6) is -0.892. The number of rotatable bonds is 41. The molecule has 0 heterocycles. The van der Waals surface area contributed by atoms with Gasteiger partial charge in [-0.05, 0) is 38.5 Å². The number of hydrogen-bond acceptors (Lipinski definition) is 6. The van der Waals surface area contributed by atoms with Crippen molar-refractivity contribution in [1.82, 2.24) is 0 Å². The Balaban J connectivity index is 3.87. The van der Waals surface area contributed by atoms with Gasteiger partial charge in [0.2, 0.25) is 0 Å². The molecule has 2 N–H and O–H groups in total. The lowest BCUT2D eigenvalue weighted by molar-refractivity contribution is -0.161. The molecule has 0 aliphatic carbocycles. The molecule has 0 radical (unpaired) electrons. The standard InChI is InChI=1S/C44H83O8P/c1-3-5-7-9-11-13-15-17-19-20-21-22-23-25-27-29-31-33-35-37-39-44(46)52-42(41-51-53(47,48)49)40-50-43(45)38-36-34-32-30-28-26-24-18-16-14-12-10-8-6-4-2/h14,16,18,24,42H,3-13,15,17,19-23,25-41H2,1-2H3,(H2,47,48,49)/b16-14+,24-18+/t42-/m1/s1. The highest BCUT2D eigenvalue weighted by molar-refractivity contribution is 7.46. The van der Waals surface area contributed by atoms with Crippen LogP contribution in [0, 0.1) is 0 Å². The Morgan fingerprint density at radius 1 is 0.491 bits per heavy atom. The van der Waals surface area contributed by atoms with Crippen molar-refractivity contribution in [2.45, 2.75) is 232 Å². The molecule has 0 saturated carbocycles. The molecule has 0 rings (SSSR count). The Labute approximate surface area is 326 Å². The maximum Gasteiger partial charge on any atom is 0.469 e. The number of ether oxygens (including phenoxy) is 2. The van der Waals surface area contributed by atoms with Gasteiger partial charge in [-0.1, -0.05) is 199 Å². The van der Waals surface area contributed by atoms with Gasteiger partial charge in [-0.15, -0.1) is 0 Å². The zero-order valence-corrected chi connectivity index (χ0v) is 35.3. The van der Waals surface area contributed by atoms with Crippen molar-refractivity contribution in [3.05, 3.63) is 24.3 Å². The van der Waals surface area contributed by atoms with E-state index in [9.17, 15) is 14.2 Å². The average Bonchev–Trinajstić information content (AvgIpc) is 3.13. The topological polar surface area (TPSA) is 119 Å². The van der Waals surface area contributed by atoms with E-state index in [-0.39, 0.29) is 19.4 Å². The first-order valence-electron chi connectivity index (χ1n) is 22.1. The minimum atomic E-state index is -4.75. The lowest BCUT2D eigenvalue weighted by atomic mass is 10.0. The minimum Gasteiger partial charge on any atom is -0.462 e. The van der Waals surface area contributed by atoms with Crippen LogP contribution in [-0.4, -0.2) is 41.0 Å². The van der Waals surface area contributed by atoms with Crippen LogP contribution in [0.2, 0.25) is 0 Å². The summed E-state index contributed by atoms with van der Waals surface area (Å²) in [5, 5.41) is 0. The zero-order valence-electron chi connectivity index (χ0n) is 34.4. The SMILES string of the molecule is CCCCCC/C=C/C=C/CCCCCCCC(=O)OC[C@H](COP(=O)(O)O)OC(=O)CCCCCCCCCCCCCCCCCCCCCC. The number of esters is 2. The quantitative estimate of drug-likeness (QED) is 0.0273. The third kappa shape index (κ3) is 43.1. The van der Waals surface area contributed by atoms with Crippen molar-refractivity contribution in [2.24, 2.45) is 0 Å². The van der Waals surface area contributed by atoms with E-state index in [0.717, 1.165) is 57.8 Å². The third-order valence-corrected chi connectivity index (χ3v) is 10.2. The molecule has 0 aliphatic rings.